The van der Waals surface area contributed by atoms with Crippen molar-refractivity contribution in [3.8, 4) is 11.5 Å². The normalized spacial score (nSPS) is 12.0. The van der Waals surface area contributed by atoms with Crippen LogP contribution in [0.25, 0.3) is 0 Å². The number of hydrogen-bond donors (Lipinski definition) is 2. The van der Waals surface area contributed by atoms with Crippen LogP contribution < -0.4 is 14.8 Å². The topological polar surface area (TPSA) is 93.8 Å². The second-order valence-electron chi connectivity index (χ2n) is 5.57. The van der Waals surface area contributed by atoms with Crippen molar-refractivity contribution < 1.29 is 23.8 Å². The van der Waals surface area contributed by atoms with Crippen LogP contribution in [0.5, 0.6) is 11.5 Å². The molecule has 2 N–H and O–H groups in total. The summed E-state index contributed by atoms with van der Waals surface area (Å²) in [5.74, 6) is 1.44. The van der Waals surface area contributed by atoms with Gasteiger partial charge in [-0.2, -0.15) is 0 Å². The number of aliphatic hydroxyl groups is 1. The zero-order chi connectivity index (χ0) is 17.5. The Hall–Kier alpha value is -2.54. The van der Waals surface area contributed by atoms with Gasteiger partial charge in [0.25, 0.3) is 5.91 Å². The van der Waals surface area contributed by atoms with E-state index in [1.807, 2.05) is 13.8 Å². The van der Waals surface area contributed by atoms with Gasteiger partial charge in [-0.3, -0.25) is 4.79 Å². The number of carbonyl (C=O) groups is 1. The zero-order valence-corrected chi connectivity index (χ0v) is 14.0. The summed E-state index contributed by atoms with van der Waals surface area (Å²) in [7, 11) is 1.57. The maximum Gasteiger partial charge on any atom is 0.273 e. The number of carbonyl (C=O) groups excluding carboxylic acids is 1. The number of amides is 1. The van der Waals surface area contributed by atoms with Crippen molar-refractivity contribution in [1.29, 1.82) is 0 Å². The van der Waals surface area contributed by atoms with Crippen LogP contribution in [0, 0.1) is 0 Å². The third-order valence-corrected chi connectivity index (χ3v) is 3.32. The molecule has 7 nitrogen and oxygen atoms in total. The van der Waals surface area contributed by atoms with E-state index in [0.29, 0.717) is 17.3 Å². The summed E-state index contributed by atoms with van der Waals surface area (Å²) < 4.78 is 15.8. The fourth-order valence-electron chi connectivity index (χ4n) is 2.07. The minimum absolute atomic E-state index is 0.0449. The Balaban J connectivity index is 1.81. The van der Waals surface area contributed by atoms with Crippen LogP contribution in [0.4, 0.5) is 0 Å². The molecule has 0 spiro atoms. The molecule has 1 heterocycles. The van der Waals surface area contributed by atoms with Crippen molar-refractivity contribution in [1.82, 2.24) is 10.3 Å². The fraction of sp³-hybridized carbons (Fsp3) is 0.412. The highest BCUT2D eigenvalue weighted by atomic mass is 16.5. The Morgan fingerprint density at radius 1 is 1.38 bits per heavy atom. The molecule has 0 fully saturated rings. The lowest BCUT2D eigenvalue weighted by molar-refractivity contribution is 0.0838. The van der Waals surface area contributed by atoms with Crippen molar-refractivity contribution in [2.24, 2.45) is 0 Å². The van der Waals surface area contributed by atoms with E-state index >= 15 is 0 Å². The Morgan fingerprint density at radius 3 is 2.83 bits per heavy atom. The molecule has 1 amide bonds. The summed E-state index contributed by atoms with van der Waals surface area (Å²) in [6.07, 6.45) is 0.390. The van der Waals surface area contributed by atoms with Crippen LogP contribution in [0.2, 0.25) is 0 Å². The summed E-state index contributed by atoms with van der Waals surface area (Å²) in [6.45, 7) is 3.92. The highest BCUT2D eigenvalue weighted by Gasteiger charge is 2.19. The van der Waals surface area contributed by atoms with E-state index in [1.54, 1.807) is 31.4 Å². The molecule has 0 aliphatic carbocycles. The quantitative estimate of drug-likeness (QED) is 0.766. The van der Waals surface area contributed by atoms with Crippen molar-refractivity contribution in [2.45, 2.75) is 25.9 Å². The molecule has 0 aliphatic heterocycles. The molecule has 7 heteroatoms. The lowest BCUT2D eigenvalue weighted by atomic mass is 10.1. The molecule has 24 heavy (non-hydrogen) atoms. The van der Waals surface area contributed by atoms with Gasteiger partial charge in [-0.1, -0.05) is 19.9 Å². The van der Waals surface area contributed by atoms with Gasteiger partial charge in [-0.25, -0.2) is 4.98 Å². The van der Waals surface area contributed by atoms with E-state index in [-0.39, 0.29) is 30.7 Å². The lowest BCUT2D eigenvalue weighted by Crippen LogP contribution is -2.35. The Kier molecular flexibility index (Phi) is 6.20. The van der Waals surface area contributed by atoms with E-state index in [4.69, 9.17) is 13.9 Å². The molecule has 2 aromatic rings. The van der Waals surface area contributed by atoms with Crippen molar-refractivity contribution in [2.75, 3.05) is 20.3 Å². The number of rotatable bonds is 8. The molecule has 1 aromatic carbocycles. The van der Waals surface area contributed by atoms with E-state index in [1.165, 1.54) is 6.39 Å². The van der Waals surface area contributed by atoms with Gasteiger partial charge in [0.1, 0.15) is 30.0 Å². The van der Waals surface area contributed by atoms with Crippen molar-refractivity contribution >= 4 is 5.91 Å². The monoisotopic (exact) mass is 334 g/mol. The molecule has 0 aliphatic rings. The van der Waals surface area contributed by atoms with Gasteiger partial charge < -0.3 is 24.3 Å². The predicted molar refractivity (Wildman–Crippen MR) is 87.4 cm³/mol. The molecular formula is C17H22N2O5. The summed E-state index contributed by atoms with van der Waals surface area (Å²) in [4.78, 5) is 16.0. The van der Waals surface area contributed by atoms with Crippen LogP contribution in [0.3, 0.4) is 0 Å². The predicted octanol–water partition coefficient (Wildman–Crippen LogP) is 1.98. The van der Waals surface area contributed by atoms with Gasteiger partial charge in [-0.05, 0) is 12.1 Å². The highest BCUT2D eigenvalue weighted by molar-refractivity contribution is 5.93. The number of benzene rings is 1. The van der Waals surface area contributed by atoms with Crippen molar-refractivity contribution in [3.05, 3.63) is 42.1 Å². The Morgan fingerprint density at radius 2 is 2.12 bits per heavy atom. The minimum atomic E-state index is -0.852. The second-order valence-corrected chi connectivity index (χ2v) is 5.57. The number of nitrogens with zero attached hydrogens (tertiary/aromatic N) is 1. The third-order valence-electron chi connectivity index (χ3n) is 3.32. The molecule has 0 saturated carbocycles. The number of aromatic nitrogens is 1. The molecule has 1 aromatic heterocycles. The van der Waals surface area contributed by atoms with Crippen LogP contribution in [0.15, 0.2) is 35.1 Å². The van der Waals surface area contributed by atoms with E-state index in [9.17, 15) is 9.90 Å². The third kappa shape index (κ3) is 4.73. The van der Waals surface area contributed by atoms with Gasteiger partial charge in [0.2, 0.25) is 0 Å². The average Bonchev–Trinajstić information content (AvgIpc) is 3.08. The molecule has 0 unspecified atom stereocenters. The Labute approximate surface area is 140 Å². The summed E-state index contributed by atoms with van der Waals surface area (Å²) in [5, 5.41) is 12.6. The largest absolute Gasteiger partial charge is 0.497 e. The number of methoxy groups -OCH3 is 1. The Bertz CT molecular complexity index is 669. The first-order valence-electron chi connectivity index (χ1n) is 7.67. The van der Waals surface area contributed by atoms with Gasteiger partial charge >= 0.3 is 0 Å². The number of nitrogens with one attached hydrogen (secondary N) is 1. The van der Waals surface area contributed by atoms with Gasteiger partial charge in [0.15, 0.2) is 12.1 Å². The van der Waals surface area contributed by atoms with Crippen LogP contribution in [-0.2, 0) is 0 Å². The molecule has 1 atom stereocenters. The molecule has 130 valence electrons. The fourth-order valence-corrected chi connectivity index (χ4v) is 2.07. The van der Waals surface area contributed by atoms with Crippen LogP contribution >= 0.6 is 0 Å². The molecular weight excluding hydrogens is 312 g/mol. The van der Waals surface area contributed by atoms with Gasteiger partial charge in [0, 0.05) is 18.5 Å². The minimum Gasteiger partial charge on any atom is -0.497 e. The van der Waals surface area contributed by atoms with E-state index in [2.05, 4.69) is 10.3 Å². The molecule has 0 bridgehead atoms. The number of ether oxygens (including phenoxy) is 2. The molecule has 0 saturated heterocycles. The number of aliphatic hydroxyl groups excluding tert-OH is 1. The highest BCUT2D eigenvalue weighted by Crippen LogP contribution is 2.19. The lowest BCUT2D eigenvalue weighted by Gasteiger charge is -2.13. The zero-order valence-electron chi connectivity index (χ0n) is 14.0. The van der Waals surface area contributed by atoms with Crippen LogP contribution in [0.1, 0.15) is 36.0 Å². The van der Waals surface area contributed by atoms with Gasteiger partial charge in [0.05, 0.1) is 7.11 Å². The second kappa shape index (κ2) is 8.35. The van der Waals surface area contributed by atoms with Crippen LogP contribution in [-0.4, -0.2) is 42.4 Å². The summed E-state index contributed by atoms with van der Waals surface area (Å²) in [5.41, 5.74) is 0.242. The molecule has 0 radical (unpaired) electrons. The summed E-state index contributed by atoms with van der Waals surface area (Å²) >= 11 is 0. The van der Waals surface area contributed by atoms with Crippen molar-refractivity contribution in [3.63, 3.8) is 0 Å². The van der Waals surface area contributed by atoms with Gasteiger partial charge in [-0.15, -0.1) is 0 Å². The average molecular weight is 334 g/mol. The van der Waals surface area contributed by atoms with E-state index < -0.39 is 6.10 Å². The molecule has 2 rings (SSSR count). The van der Waals surface area contributed by atoms with E-state index in [0.717, 1.165) is 0 Å². The SMILES string of the molecule is COc1cccc(OC[C@H](O)CNC(=O)c2ncoc2C(C)C)c1. The maximum absolute atomic E-state index is 12.1. The first-order valence-corrected chi connectivity index (χ1v) is 7.67. The standard InChI is InChI=1S/C17H22N2O5/c1-11(2)16-15(19-10-24-16)17(21)18-8-12(20)9-23-14-6-4-5-13(7-14)22-3/h4-7,10-12,20H,8-9H2,1-3H3,(H,18,21)/t12-/m1/s1. The maximum atomic E-state index is 12.1. The first kappa shape index (κ1) is 17.8. The first-order chi connectivity index (χ1) is 11.5. The summed E-state index contributed by atoms with van der Waals surface area (Å²) in [6, 6.07) is 7.07. The number of hydrogen-bond acceptors (Lipinski definition) is 6. The smallest absolute Gasteiger partial charge is 0.273 e. The number of oxazole rings is 1.